The summed E-state index contributed by atoms with van der Waals surface area (Å²) in [5.41, 5.74) is 5.70. The lowest BCUT2D eigenvalue weighted by Gasteiger charge is -2.06. The second kappa shape index (κ2) is 7.12. The summed E-state index contributed by atoms with van der Waals surface area (Å²) in [6, 6.07) is 14.1. The van der Waals surface area contributed by atoms with E-state index in [4.69, 9.17) is 4.52 Å². The highest BCUT2D eigenvalue weighted by Crippen LogP contribution is 2.25. The highest BCUT2D eigenvalue weighted by Gasteiger charge is 2.13. The summed E-state index contributed by atoms with van der Waals surface area (Å²) < 4.78 is 5.27. The molecule has 1 heterocycles. The van der Waals surface area contributed by atoms with Crippen LogP contribution in [0.2, 0.25) is 0 Å². The summed E-state index contributed by atoms with van der Waals surface area (Å²) in [5.74, 6) is 0.988. The van der Waals surface area contributed by atoms with Crippen molar-refractivity contribution in [2.75, 3.05) is 5.32 Å². The number of anilines is 1. The summed E-state index contributed by atoms with van der Waals surface area (Å²) >= 11 is 0. The molecule has 5 nitrogen and oxygen atoms in total. The van der Waals surface area contributed by atoms with Gasteiger partial charge in [0.25, 0.3) is 0 Å². The predicted molar refractivity (Wildman–Crippen MR) is 99.9 cm³/mol. The Labute approximate surface area is 152 Å². The molecule has 132 valence electrons. The molecule has 1 aromatic heterocycles. The number of nitrogens with zero attached hydrogens (tertiary/aromatic N) is 2. The number of nitrogens with one attached hydrogen (secondary N) is 1. The van der Waals surface area contributed by atoms with Crippen LogP contribution in [0.5, 0.6) is 0 Å². The lowest BCUT2D eigenvalue weighted by atomic mass is 10.1. The van der Waals surface area contributed by atoms with Gasteiger partial charge < -0.3 is 9.84 Å². The van der Waals surface area contributed by atoms with Gasteiger partial charge in [-0.25, -0.2) is 0 Å². The number of aromatic nitrogens is 2. The fourth-order valence-corrected chi connectivity index (χ4v) is 3.27. The summed E-state index contributed by atoms with van der Waals surface area (Å²) in [5, 5.41) is 6.96. The highest BCUT2D eigenvalue weighted by molar-refractivity contribution is 5.90. The van der Waals surface area contributed by atoms with Crippen molar-refractivity contribution in [1.82, 2.24) is 10.1 Å². The monoisotopic (exact) mass is 347 g/mol. The number of benzene rings is 2. The Morgan fingerprint density at radius 3 is 2.77 bits per heavy atom. The second-order valence-corrected chi connectivity index (χ2v) is 6.76. The van der Waals surface area contributed by atoms with Crippen molar-refractivity contribution in [3.05, 3.63) is 65.0 Å². The normalized spacial score (nSPS) is 12.8. The minimum atomic E-state index is -0.0435. The average Bonchev–Trinajstić information content (AvgIpc) is 3.29. The molecule has 26 heavy (non-hydrogen) atoms. The van der Waals surface area contributed by atoms with Crippen LogP contribution < -0.4 is 5.32 Å². The minimum Gasteiger partial charge on any atom is -0.339 e. The van der Waals surface area contributed by atoms with Crippen LogP contribution in [-0.2, 0) is 24.1 Å². The van der Waals surface area contributed by atoms with Crippen LogP contribution in [0, 0.1) is 6.92 Å². The number of carbonyl (C=O) groups is 1. The van der Waals surface area contributed by atoms with Crippen LogP contribution >= 0.6 is 0 Å². The minimum absolute atomic E-state index is 0.0435. The van der Waals surface area contributed by atoms with Gasteiger partial charge in [-0.3, -0.25) is 4.79 Å². The van der Waals surface area contributed by atoms with Crippen molar-refractivity contribution in [2.24, 2.45) is 0 Å². The quantitative estimate of drug-likeness (QED) is 0.754. The number of amides is 1. The second-order valence-electron chi connectivity index (χ2n) is 6.76. The van der Waals surface area contributed by atoms with Crippen LogP contribution in [0.3, 0.4) is 0 Å². The summed E-state index contributed by atoms with van der Waals surface area (Å²) in [4.78, 5) is 16.6. The van der Waals surface area contributed by atoms with Gasteiger partial charge in [0.1, 0.15) is 0 Å². The molecular formula is C21H21N3O2. The van der Waals surface area contributed by atoms with E-state index in [2.05, 4.69) is 27.6 Å². The van der Waals surface area contributed by atoms with Crippen LogP contribution in [0.4, 0.5) is 5.69 Å². The Morgan fingerprint density at radius 1 is 1.12 bits per heavy atom. The summed E-state index contributed by atoms with van der Waals surface area (Å²) in [6.07, 6.45) is 4.18. The van der Waals surface area contributed by atoms with Crippen molar-refractivity contribution in [2.45, 2.75) is 39.0 Å². The molecule has 4 rings (SSSR count). The third-order valence-corrected chi connectivity index (χ3v) is 4.73. The van der Waals surface area contributed by atoms with E-state index >= 15 is 0 Å². The Morgan fingerprint density at radius 2 is 1.92 bits per heavy atom. The molecule has 0 bridgehead atoms. The van der Waals surface area contributed by atoms with E-state index in [1.165, 1.54) is 23.1 Å². The van der Waals surface area contributed by atoms with Crippen LogP contribution in [-0.4, -0.2) is 16.0 Å². The number of aryl methyl sites for hydroxylation is 4. The molecule has 0 radical (unpaired) electrons. The van der Waals surface area contributed by atoms with Crippen molar-refractivity contribution >= 4 is 11.6 Å². The number of rotatable bonds is 5. The maximum absolute atomic E-state index is 12.2. The smallest absolute Gasteiger partial charge is 0.227 e. The van der Waals surface area contributed by atoms with Gasteiger partial charge in [0.2, 0.25) is 17.6 Å². The van der Waals surface area contributed by atoms with Gasteiger partial charge >= 0.3 is 0 Å². The fraction of sp³-hybridized carbons (Fsp3) is 0.286. The van der Waals surface area contributed by atoms with Gasteiger partial charge in [-0.05, 0) is 49.4 Å². The van der Waals surface area contributed by atoms with Crippen LogP contribution in [0.25, 0.3) is 11.4 Å². The lowest BCUT2D eigenvalue weighted by Crippen LogP contribution is -2.12. The summed E-state index contributed by atoms with van der Waals surface area (Å²) in [7, 11) is 0. The zero-order valence-corrected chi connectivity index (χ0v) is 14.8. The largest absolute Gasteiger partial charge is 0.339 e. The van der Waals surface area contributed by atoms with Gasteiger partial charge in [0.15, 0.2) is 0 Å². The first-order valence-corrected chi connectivity index (χ1v) is 8.99. The molecule has 1 aliphatic rings. The summed E-state index contributed by atoms with van der Waals surface area (Å²) in [6.45, 7) is 2.03. The first kappa shape index (κ1) is 16.5. The van der Waals surface area contributed by atoms with E-state index < -0.39 is 0 Å². The molecule has 1 amide bonds. The standard InChI is InChI=1S/C21H21N3O2/c1-14-5-7-16(8-6-14)21-23-20(26-24-21)12-11-19(25)22-18-10-9-15-3-2-4-17(15)13-18/h5-10,13H,2-4,11-12H2,1H3,(H,22,25). The molecule has 0 aliphatic heterocycles. The molecular weight excluding hydrogens is 326 g/mol. The Balaban J connectivity index is 1.34. The van der Waals surface area contributed by atoms with Gasteiger partial charge in [-0.1, -0.05) is 41.1 Å². The van der Waals surface area contributed by atoms with Gasteiger partial charge in [0, 0.05) is 24.1 Å². The Hall–Kier alpha value is -2.95. The zero-order chi connectivity index (χ0) is 17.9. The van der Waals surface area contributed by atoms with E-state index in [1.54, 1.807) is 0 Å². The molecule has 0 saturated carbocycles. The van der Waals surface area contributed by atoms with Crippen molar-refractivity contribution in [1.29, 1.82) is 0 Å². The van der Waals surface area contributed by atoms with E-state index in [9.17, 15) is 4.79 Å². The molecule has 0 spiro atoms. The van der Waals surface area contributed by atoms with Gasteiger partial charge in [0.05, 0.1) is 0 Å². The van der Waals surface area contributed by atoms with Crippen molar-refractivity contribution < 1.29 is 9.32 Å². The average molecular weight is 347 g/mol. The topological polar surface area (TPSA) is 68.0 Å². The Bertz CT molecular complexity index is 929. The third kappa shape index (κ3) is 3.67. The molecule has 2 aromatic carbocycles. The molecule has 5 heteroatoms. The SMILES string of the molecule is Cc1ccc(-c2noc(CCC(=O)Nc3ccc4c(c3)CCC4)n2)cc1. The number of fused-ring (bicyclic) bond motifs is 1. The molecule has 0 atom stereocenters. The maximum atomic E-state index is 12.2. The maximum Gasteiger partial charge on any atom is 0.227 e. The fourth-order valence-electron chi connectivity index (χ4n) is 3.27. The predicted octanol–water partition coefficient (Wildman–Crippen LogP) is 4.11. The molecule has 3 aromatic rings. The highest BCUT2D eigenvalue weighted by atomic mass is 16.5. The van der Waals surface area contributed by atoms with E-state index in [0.717, 1.165) is 24.1 Å². The van der Waals surface area contributed by atoms with Gasteiger partial charge in [-0.2, -0.15) is 4.98 Å². The van der Waals surface area contributed by atoms with Crippen molar-refractivity contribution in [3.63, 3.8) is 0 Å². The van der Waals surface area contributed by atoms with Crippen LogP contribution in [0.1, 0.15) is 35.4 Å². The van der Waals surface area contributed by atoms with E-state index in [-0.39, 0.29) is 5.91 Å². The lowest BCUT2D eigenvalue weighted by molar-refractivity contribution is -0.116. The number of hydrogen-bond donors (Lipinski definition) is 1. The molecule has 1 aliphatic carbocycles. The van der Waals surface area contributed by atoms with Crippen molar-refractivity contribution in [3.8, 4) is 11.4 Å². The Kier molecular flexibility index (Phi) is 4.52. The molecule has 1 N–H and O–H groups in total. The molecule has 0 fully saturated rings. The zero-order valence-electron chi connectivity index (χ0n) is 14.8. The number of hydrogen-bond acceptors (Lipinski definition) is 4. The van der Waals surface area contributed by atoms with E-state index in [0.29, 0.717) is 24.6 Å². The van der Waals surface area contributed by atoms with Crippen LogP contribution in [0.15, 0.2) is 47.0 Å². The van der Waals surface area contributed by atoms with Gasteiger partial charge in [-0.15, -0.1) is 0 Å². The third-order valence-electron chi connectivity index (χ3n) is 4.73. The molecule has 0 saturated heterocycles. The first-order valence-electron chi connectivity index (χ1n) is 8.99. The first-order chi connectivity index (χ1) is 12.7. The molecule has 0 unspecified atom stereocenters. The number of carbonyl (C=O) groups excluding carboxylic acids is 1. The van der Waals surface area contributed by atoms with E-state index in [1.807, 2.05) is 37.3 Å².